The molecule has 3 nitrogen and oxygen atoms in total. The third-order valence-electron chi connectivity index (χ3n) is 11.5. The molecule has 5 aliphatic carbocycles. The summed E-state index contributed by atoms with van der Waals surface area (Å²) < 4.78 is 0. The first-order chi connectivity index (χ1) is 15.2. The van der Waals surface area contributed by atoms with Gasteiger partial charge in [0.25, 0.3) is 0 Å². The highest BCUT2D eigenvalue weighted by Gasteiger charge is 2.65. The smallest absolute Gasteiger partial charge is 0.178 e. The molecule has 0 aliphatic heterocycles. The maximum Gasteiger partial charge on any atom is 0.178 e. The van der Waals surface area contributed by atoms with Crippen molar-refractivity contribution in [2.24, 2.45) is 50.7 Å². The van der Waals surface area contributed by atoms with Crippen molar-refractivity contribution in [3.8, 4) is 6.07 Å². The van der Waals surface area contributed by atoms with Gasteiger partial charge in [0.1, 0.15) is 6.07 Å². The summed E-state index contributed by atoms with van der Waals surface area (Å²) >= 11 is 0. The van der Waals surface area contributed by atoms with E-state index in [0.29, 0.717) is 23.0 Å². The summed E-state index contributed by atoms with van der Waals surface area (Å²) in [6.07, 6.45) is 11.9. The van der Waals surface area contributed by atoms with Gasteiger partial charge in [-0.05, 0) is 85.0 Å². The monoisotopic (exact) mass is 447 g/mol. The van der Waals surface area contributed by atoms with Gasteiger partial charge in [-0.2, -0.15) is 5.26 Å². The number of hydrogen-bond acceptors (Lipinski definition) is 3. The number of Topliss-reactive ketones (excluding diaryl/α,β-unsaturated/α-hetero) is 1. The standard InChI is InChI=1S/C30H41NO2/c1-26(2)12-13-28(5)10-8-19-24(20(28)16-26)21(32)14-23-29(19,6)11-9-22-27(3,4)25(33)18(17-31)15-30(22,23)7/h14-15,19-20,22,24H,8-13,16H2,1-7H3. The van der Waals surface area contributed by atoms with Gasteiger partial charge >= 0.3 is 0 Å². The Balaban J connectivity index is 1.65. The van der Waals surface area contributed by atoms with Gasteiger partial charge in [0.2, 0.25) is 0 Å². The average Bonchev–Trinajstić information content (AvgIpc) is 2.72. The predicted octanol–water partition coefficient (Wildman–Crippen LogP) is 6.84. The van der Waals surface area contributed by atoms with Crippen molar-refractivity contribution in [3.63, 3.8) is 0 Å². The zero-order valence-electron chi connectivity index (χ0n) is 21.7. The molecule has 7 atom stereocenters. The van der Waals surface area contributed by atoms with Crippen LogP contribution in [0.2, 0.25) is 0 Å². The first-order valence-electron chi connectivity index (χ1n) is 13.1. The predicted molar refractivity (Wildman–Crippen MR) is 130 cm³/mol. The lowest BCUT2D eigenvalue weighted by molar-refractivity contribution is -0.146. The molecule has 0 heterocycles. The number of nitriles is 1. The molecular weight excluding hydrogens is 406 g/mol. The van der Waals surface area contributed by atoms with Crippen LogP contribution in [0, 0.1) is 62.1 Å². The molecule has 0 N–H and O–H groups in total. The minimum Gasteiger partial charge on any atom is -0.295 e. The van der Waals surface area contributed by atoms with Crippen LogP contribution in [0.15, 0.2) is 23.3 Å². The normalized spacial score (nSPS) is 47.7. The summed E-state index contributed by atoms with van der Waals surface area (Å²) in [5.41, 5.74) is 1.03. The molecule has 3 saturated carbocycles. The highest BCUT2D eigenvalue weighted by atomic mass is 16.1. The Morgan fingerprint density at radius 1 is 0.909 bits per heavy atom. The minimum atomic E-state index is -0.588. The summed E-state index contributed by atoms with van der Waals surface area (Å²) in [6, 6.07) is 2.19. The number of fused-ring (bicyclic) bond motifs is 7. The third kappa shape index (κ3) is 2.91. The van der Waals surface area contributed by atoms with Gasteiger partial charge in [0.05, 0.1) is 5.57 Å². The van der Waals surface area contributed by atoms with Crippen LogP contribution < -0.4 is 0 Å². The van der Waals surface area contributed by atoms with Gasteiger partial charge in [-0.3, -0.25) is 9.59 Å². The zero-order valence-corrected chi connectivity index (χ0v) is 21.7. The van der Waals surface area contributed by atoms with Crippen LogP contribution in [-0.2, 0) is 9.59 Å². The van der Waals surface area contributed by atoms with Crippen molar-refractivity contribution in [1.82, 2.24) is 0 Å². The average molecular weight is 448 g/mol. The van der Waals surface area contributed by atoms with E-state index >= 15 is 0 Å². The lowest BCUT2D eigenvalue weighted by Gasteiger charge is -2.65. The van der Waals surface area contributed by atoms with Gasteiger partial charge in [-0.15, -0.1) is 0 Å². The van der Waals surface area contributed by atoms with Crippen LogP contribution in [0.1, 0.15) is 93.4 Å². The highest BCUT2D eigenvalue weighted by molar-refractivity contribution is 6.04. The fourth-order valence-electron chi connectivity index (χ4n) is 9.55. The van der Waals surface area contributed by atoms with Crippen molar-refractivity contribution < 1.29 is 9.59 Å². The number of ketones is 2. The summed E-state index contributed by atoms with van der Waals surface area (Å²) in [5.74, 6) is 1.37. The van der Waals surface area contributed by atoms with Gasteiger partial charge in [-0.1, -0.05) is 60.1 Å². The van der Waals surface area contributed by atoms with E-state index in [1.54, 1.807) is 0 Å². The van der Waals surface area contributed by atoms with Crippen LogP contribution in [0.4, 0.5) is 0 Å². The summed E-state index contributed by atoms with van der Waals surface area (Å²) in [5, 5.41) is 9.78. The van der Waals surface area contributed by atoms with Gasteiger partial charge < -0.3 is 0 Å². The third-order valence-corrected chi connectivity index (χ3v) is 11.5. The fraction of sp³-hybridized carbons (Fsp3) is 0.767. The van der Waals surface area contributed by atoms with Crippen molar-refractivity contribution in [2.45, 2.75) is 93.4 Å². The van der Waals surface area contributed by atoms with Crippen molar-refractivity contribution >= 4 is 11.6 Å². The number of carbonyl (C=O) groups is 2. The molecule has 3 heteroatoms. The Kier molecular flexibility index (Phi) is 4.69. The van der Waals surface area contributed by atoms with Gasteiger partial charge in [-0.25, -0.2) is 0 Å². The van der Waals surface area contributed by atoms with Crippen LogP contribution in [-0.4, -0.2) is 11.6 Å². The second-order valence-electron chi connectivity index (χ2n) is 14.3. The van der Waals surface area contributed by atoms with Crippen LogP contribution in [0.5, 0.6) is 0 Å². The van der Waals surface area contributed by atoms with Gasteiger partial charge in [0.15, 0.2) is 11.6 Å². The molecule has 3 fully saturated rings. The maximum absolute atomic E-state index is 14.0. The van der Waals surface area contributed by atoms with E-state index in [1.807, 2.05) is 26.0 Å². The molecule has 7 unspecified atom stereocenters. The van der Waals surface area contributed by atoms with Crippen LogP contribution in [0.3, 0.4) is 0 Å². The summed E-state index contributed by atoms with van der Waals surface area (Å²) in [6.45, 7) is 15.8. The van der Waals surface area contributed by atoms with E-state index in [-0.39, 0.29) is 34.0 Å². The van der Waals surface area contributed by atoms with Crippen molar-refractivity contribution in [1.29, 1.82) is 5.26 Å². The lowest BCUT2D eigenvalue weighted by atomic mass is 9.38. The molecular formula is C30H41NO2. The Hall–Kier alpha value is -1.69. The van der Waals surface area contributed by atoms with E-state index in [2.05, 4.69) is 40.7 Å². The quantitative estimate of drug-likeness (QED) is 0.408. The van der Waals surface area contributed by atoms with E-state index in [4.69, 9.17) is 0 Å². The SMILES string of the molecule is CC1(C)CCC2(C)CCC3C(C(=O)C=C4C5(C)C=C(C#N)C(=O)C(C)(C)C5CCC43C)C2C1. The second-order valence-corrected chi connectivity index (χ2v) is 14.3. The summed E-state index contributed by atoms with van der Waals surface area (Å²) in [4.78, 5) is 27.1. The molecule has 178 valence electrons. The molecule has 0 spiro atoms. The Morgan fingerprint density at radius 2 is 1.61 bits per heavy atom. The number of nitrogens with zero attached hydrogens (tertiary/aromatic N) is 1. The molecule has 0 aromatic carbocycles. The van der Waals surface area contributed by atoms with Crippen LogP contribution in [0.25, 0.3) is 0 Å². The molecule has 5 rings (SSSR count). The number of allylic oxidation sites excluding steroid dienone is 4. The molecule has 0 aromatic rings. The molecule has 0 aromatic heterocycles. The van der Waals surface area contributed by atoms with E-state index in [9.17, 15) is 14.9 Å². The lowest BCUT2D eigenvalue weighted by Crippen LogP contribution is -2.60. The van der Waals surface area contributed by atoms with E-state index in [0.717, 1.165) is 25.7 Å². The first-order valence-corrected chi connectivity index (χ1v) is 13.1. The van der Waals surface area contributed by atoms with E-state index in [1.165, 1.54) is 24.8 Å². The van der Waals surface area contributed by atoms with Crippen LogP contribution >= 0.6 is 0 Å². The number of rotatable bonds is 0. The minimum absolute atomic E-state index is 0.0328. The molecule has 0 amide bonds. The van der Waals surface area contributed by atoms with Crippen molar-refractivity contribution in [2.75, 3.05) is 0 Å². The molecule has 0 radical (unpaired) electrons. The highest BCUT2D eigenvalue weighted by Crippen LogP contribution is 2.70. The summed E-state index contributed by atoms with van der Waals surface area (Å²) in [7, 11) is 0. The zero-order chi connectivity index (χ0) is 24.2. The number of carbonyl (C=O) groups excluding carboxylic acids is 2. The maximum atomic E-state index is 14.0. The molecule has 5 aliphatic rings. The largest absolute Gasteiger partial charge is 0.295 e. The Bertz CT molecular complexity index is 1040. The molecule has 0 bridgehead atoms. The fourth-order valence-corrected chi connectivity index (χ4v) is 9.55. The first kappa shape index (κ1) is 23.1. The Morgan fingerprint density at radius 3 is 2.27 bits per heavy atom. The topological polar surface area (TPSA) is 57.9 Å². The van der Waals surface area contributed by atoms with E-state index < -0.39 is 10.8 Å². The number of hydrogen-bond donors (Lipinski definition) is 0. The van der Waals surface area contributed by atoms with Gasteiger partial charge in [0, 0.05) is 16.7 Å². The molecule has 33 heavy (non-hydrogen) atoms. The molecule has 0 saturated heterocycles. The second kappa shape index (κ2) is 6.71. The Labute approximate surface area is 200 Å². The van der Waals surface area contributed by atoms with Crippen molar-refractivity contribution in [3.05, 3.63) is 23.3 Å².